The van der Waals surface area contributed by atoms with E-state index in [0.29, 0.717) is 17.3 Å². The number of H-pyrrole nitrogens is 1. The van der Waals surface area contributed by atoms with Crippen molar-refractivity contribution in [3.63, 3.8) is 0 Å². The van der Waals surface area contributed by atoms with Gasteiger partial charge in [-0.3, -0.25) is 0 Å². The normalized spacial score (nSPS) is 15.9. The van der Waals surface area contributed by atoms with Crippen LogP contribution in [0.4, 0.5) is 5.82 Å². The van der Waals surface area contributed by atoms with Crippen LogP contribution in [0.3, 0.4) is 0 Å². The minimum Gasteiger partial charge on any atom is -0.452 e. The number of aromatic amines is 1. The Labute approximate surface area is 92.3 Å². The number of aromatic nitrogens is 2. The van der Waals surface area contributed by atoms with Crippen LogP contribution < -0.4 is 4.74 Å². The van der Waals surface area contributed by atoms with E-state index in [1.54, 1.807) is 12.4 Å². The first-order chi connectivity index (χ1) is 7.92. The molecule has 0 aromatic carbocycles. The van der Waals surface area contributed by atoms with Gasteiger partial charge in [-0.2, -0.15) is 0 Å². The van der Waals surface area contributed by atoms with Gasteiger partial charge in [0.2, 0.25) is 0 Å². The van der Waals surface area contributed by atoms with Crippen molar-refractivity contribution in [1.29, 1.82) is 0 Å². The van der Waals surface area contributed by atoms with Crippen molar-refractivity contribution >= 4 is 18.1 Å². The summed E-state index contributed by atoms with van der Waals surface area (Å²) in [5, 5.41) is 0. The Morgan fingerprint density at radius 3 is 3.12 bits per heavy atom. The smallest absolute Gasteiger partial charge is 0.195 e. The van der Waals surface area contributed by atoms with Gasteiger partial charge in [-0.1, -0.05) is 0 Å². The second-order valence-corrected chi connectivity index (χ2v) is 3.36. The van der Waals surface area contributed by atoms with Gasteiger partial charge in [-0.15, -0.1) is 0 Å². The molecule has 0 atom stereocenters. The van der Waals surface area contributed by atoms with Crippen molar-refractivity contribution in [2.24, 2.45) is 4.99 Å². The fourth-order valence-electron chi connectivity index (χ4n) is 1.49. The van der Waals surface area contributed by atoms with Gasteiger partial charge in [0.25, 0.3) is 0 Å². The first kappa shape index (κ1) is 8.91. The van der Waals surface area contributed by atoms with Crippen LogP contribution in [-0.4, -0.2) is 16.2 Å². The summed E-state index contributed by atoms with van der Waals surface area (Å²) in [6.07, 6.45) is 7.11. The maximum atomic E-state index is 5.63. The van der Waals surface area contributed by atoms with Crippen LogP contribution in [0.25, 0.3) is 6.08 Å². The Morgan fingerprint density at radius 1 is 1.25 bits per heavy atom. The maximum absolute atomic E-state index is 5.63. The third-order valence-corrected chi connectivity index (χ3v) is 2.21. The Hall–Kier alpha value is -2.36. The molecule has 3 heterocycles. The van der Waals surface area contributed by atoms with Crippen molar-refractivity contribution in [1.82, 2.24) is 9.97 Å². The summed E-state index contributed by atoms with van der Waals surface area (Å²) in [6, 6.07) is 7.57. The molecule has 0 aliphatic carbocycles. The number of rotatable bonds is 1. The predicted molar refractivity (Wildman–Crippen MR) is 61.8 cm³/mol. The summed E-state index contributed by atoms with van der Waals surface area (Å²) in [6.45, 7) is 0. The van der Waals surface area contributed by atoms with Crippen molar-refractivity contribution in [3.05, 3.63) is 48.1 Å². The highest BCUT2D eigenvalue weighted by atomic mass is 16.5. The predicted octanol–water partition coefficient (Wildman–Crippen LogP) is 2.55. The van der Waals surface area contributed by atoms with Gasteiger partial charge >= 0.3 is 0 Å². The van der Waals surface area contributed by atoms with Crippen molar-refractivity contribution in [3.8, 4) is 5.75 Å². The quantitative estimate of drug-likeness (QED) is 0.788. The molecule has 16 heavy (non-hydrogen) atoms. The van der Waals surface area contributed by atoms with Gasteiger partial charge in [0, 0.05) is 24.2 Å². The third-order valence-electron chi connectivity index (χ3n) is 2.21. The summed E-state index contributed by atoms with van der Waals surface area (Å²) in [7, 11) is 0. The summed E-state index contributed by atoms with van der Waals surface area (Å²) in [5.74, 6) is 2.00. The largest absolute Gasteiger partial charge is 0.452 e. The lowest BCUT2D eigenvalue weighted by molar-refractivity contribution is 0.455. The Bertz CT molecular complexity index is 555. The number of hydrogen-bond acceptors (Lipinski definition) is 3. The highest BCUT2D eigenvalue weighted by Crippen LogP contribution is 2.29. The molecule has 0 spiro atoms. The lowest BCUT2D eigenvalue weighted by Gasteiger charge is -2.11. The number of nitrogens with one attached hydrogen (secondary N) is 1. The van der Waals surface area contributed by atoms with E-state index in [-0.39, 0.29) is 0 Å². The van der Waals surface area contributed by atoms with E-state index in [4.69, 9.17) is 4.74 Å². The monoisotopic (exact) mass is 211 g/mol. The average Bonchev–Trinajstić information content (AvgIpc) is 2.82. The van der Waals surface area contributed by atoms with E-state index in [1.807, 2.05) is 36.5 Å². The molecule has 78 valence electrons. The number of hydrogen-bond donors (Lipinski definition) is 1. The summed E-state index contributed by atoms with van der Waals surface area (Å²) >= 11 is 0. The molecule has 0 saturated heterocycles. The molecule has 3 rings (SSSR count). The zero-order valence-corrected chi connectivity index (χ0v) is 8.42. The molecule has 2 aromatic heterocycles. The lowest BCUT2D eigenvalue weighted by Crippen LogP contribution is -2.02. The van der Waals surface area contributed by atoms with Gasteiger partial charge in [0.1, 0.15) is 5.76 Å². The molecular formula is C12H9N3O. The topological polar surface area (TPSA) is 50.3 Å². The van der Waals surface area contributed by atoms with Crippen LogP contribution >= 0.6 is 0 Å². The molecule has 0 saturated carbocycles. The highest BCUT2D eigenvalue weighted by molar-refractivity contribution is 5.87. The molecule has 4 nitrogen and oxygen atoms in total. The van der Waals surface area contributed by atoms with Gasteiger partial charge < -0.3 is 9.72 Å². The molecule has 0 amide bonds. The number of fused-ring (bicyclic) bond motifs is 1. The molecule has 1 N–H and O–H groups in total. The van der Waals surface area contributed by atoms with Crippen LogP contribution in [0.1, 0.15) is 5.69 Å². The number of ether oxygens (including phenoxy) is 1. The van der Waals surface area contributed by atoms with E-state index in [2.05, 4.69) is 15.0 Å². The second-order valence-electron chi connectivity index (χ2n) is 3.36. The Balaban J connectivity index is 1.94. The van der Waals surface area contributed by atoms with Crippen LogP contribution in [0.2, 0.25) is 0 Å². The summed E-state index contributed by atoms with van der Waals surface area (Å²) < 4.78 is 5.63. The number of aliphatic imine (C=N–C) groups is 1. The third kappa shape index (κ3) is 1.61. The minimum atomic E-state index is 0.617. The first-order valence-corrected chi connectivity index (χ1v) is 4.94. The standard InChI is InChI=1S/C12H9N3O/c1-3-9(13-5-1)7-10-8-15-12-11(16-10)4-2-6-14-12/h1-8,13H. The van der Waals surface area contributed by atoms with E-state index < -0.39 is 0 Å². The maximum Gasteiger partial charge on any atom is 0.195 e. The Morgan fingerprint density at radius 2 is 2.25 bits per heavy atom. The minimum absolute atomic E-state index is 0.617. The fourth-order valence-corrected chi connectivity index (χ4v) is 1.49. The van der Waals surface area contributed by atoms with E-state index in [9.17, 15) is 0 Å². The summed E-state index contributed by atoms with van der Waals surface area (Å²) in [4.78, 5) is 11.4. The number of pyridine rings is 1. The van der Waals surface area contributed by atoms with E-state index >= 15 is 0 Å². The molecule has 2 aromatic rings. The van der Waals surface area contributed by atoms with Crippen LogP contribution in [0.5, 0.6) is 5.75 Å². The Kier molecular flexibility index (Phi) is 2.04. The summed E-state index contributed by atoms with van der Waals surface area (Å²) in [5.41, 5.74) is 0.980. The molecule has 0 unspecified atom stereocenters. The number of nitrogens with zero attached hydrogens (tertiary/aromatic N) is 2. The van der Waals surface area contributed by atoms with Gasteiger partial charge in [0.15, 0.2) is 11.6 Å². The molecule has 4 heteroatoms. The second kappa shape index (κ2) is 3.66. The molecule has 0 bridgehead atoms. The van der Waals surface area contributed by atoms with E-state index in [0.717, 1.165) is 5.69 Å². The van der Waals surface area contributed by atoms with Crippen molar-refractivity contribution < 1.29 is 4.74 Å². The van der Waals surface area contributed by atoms with Crippen LogP contribution in [-0.2, 0) is 0 Å². The molecule has 1 aliphatic heterocycles. The fraction of sp³-hybridized carbons (Fsp3) is 0. The number of allylic oxidation sites excluding steroid dienone is 1. The zero-order valence-electron chi connectivity index (χ0n) is 8.42. The van der Waals surface area contributed by atoms with Crippen molar-refractivity contribution in [2.75, 3.05) is 0 Å². The molecule has 0 fully saturated rings. The zero-order chi connectivity index (χ0) is 10.8. The van der Waals surface area contributed by atoms with Crippen molar-refractivity contribution in [2.45, 2.75) is 0 Å². The first-order valence-electron chi connectivity index (χ1n) is 4.94. The lowest BCUT2D eigenvalue weighted by atomic mass is 10.3. The van der Waals surface area contributed by atoms with Gasteiger partial charge in [-0.25, -0.2) is 9.98 Å². The SMILES string of the molecule is C1=Nc2ncccc2OC1=Cc1ccc[nH]1. The molecule has 0 radical (unpaired) electrons. The van der Waals surface area contributed by atoms with Gasteiger partial charge in [0.05, 0.1) is 6.21 Å². The molecular weight excluding hydrogens is 202 g/mol. The van der Waals surface area contributed by atoms with E-state index in [1.165, 1.54) is 0 Å². The van der Waals surface area contributed by atoms with Gasteiger partial charge in [-0.05, 0) is 24.3 Å². The highest BCUT2D eigenvalue weighted by Gasteiger charge is 2.10. The molecule has 1 aliphatic rings. The van der Waals surface area contributed by atoms with Crippen LogP contribution in [0.15, 0.2) is 47.4 Å². The van der Waals surface area contributed by atoms with Crippen LogP contribution in [0, 0.1) is 0 Å². The average molecular weight is 211 g/mol.